The van der Waals surface area contributed by atoms with Gasteiger partial charge in [-0.15, -0.1) is 0 Å². The minimum atomic E-state index is -3.37. The first kappa shape index (κ1) is 19.0. The van der Waals surface area contributed by atoms with Crippen molar-refractivity contribution in [3.63, 3.8) is 0 Å². The Morgan fingerprint density at radius 2 is 1.86 bits per heavy atom. The molecule has 1 aromatic carbocycles. The molecule has 1 amide bonds. The van der Waals surface area contributed by atoms with Gasteiger partial charge in [-0.2, -0.15) is 0 Å². The monoisotopic (exact) mass is 426 g/mol. The van der Waals surface area contributed by atoms with Gasteiger partial charge in [-0.1, -0.05) is 29.5 Å². The van der Waals surface area contributed by atoms with Crippen LogP contribution in [-0.4, -0.2) is 35.7 Å². The molecule has 0 bridgehead atoms. The second kappa shape index (κ2) is 7.57. The number of nitrogens with zero attached hydrogens (tertiary/aromatic N) is 3. The van der Waals surface area contributed by atoms with Crippen LogP contribution >= 0.6 is 11.3 Å². The molecule has 4 aromatic rings. The number of rotatable bonds is 4. The largest absolute Gasteiger partial charge is 0.418 e. The zero-order valence-electron chi connectivity index (χ0n) is 15.1. The summed E-state index contributed by atoms with van der Waals surface area (Å²) in [6.45, 7) is 0. The van der Waals surface area contributed by atoms with Gasteiger partial charge in [-0.05, 0) is 30.3 Å². The summed E-state index contributed by atoms with van der Waals surface area (Å²) in [4.78, 5) is 25.5. The molecular formula is C19H14N4O4S2. The first-order chi connectivity index (χ1) is 13.9. The number of fused-ring (bicyclic) bond motifs is 1. The minimum Gasteiger partial charge on any atom is -0.410 e. The third-order valence-electron chi connectivity index (χ3n) is 3.86. The van der Waals surface area contributed by atoms with Crippen molar-refractivity contribution in [2.24, 2.45) is 0 Å². The van der Waals surface area contributed by atoms with Crippen LogP contribution in [0.3, 0.4) is 0 Å². The van der Waals surface area contributed by atoms with Gasteiger partial charge < -0.3 is 4.74 Å². The van der Waals surface area contributed by atoms with E-state index in [2.05, 4.69) is 20.3 Å². The van der Waals surface area contributed by atoms with Gasteiger partial charge in [0, 0.05) is 24.2 Å². The molecule has 0 aliphatic carbocycles. The average Bonchev–Trinajstić information content (AvgIpc) is 3.09. The second-order valence-corrected chi connectivity index (χ2v) is 9.04. The molecule has 4 rings (SSSR count). The SMILES string of the molecule is CS(=O)(=O)c1cncc(-c2ccc3nc(NC(=O)Oc4ccccc4)sc3n2)c1. The quantitative estimate of drug-likeness (QED) is 0.529. The topological polar surface area (TPSA) is 111 Å². The van der Waals surface area contributed by atoms with E-state index in [1.165, 1.54) is 23.6 Å². The first-order valence-electron chi connectivity index (χ1n) is 8.35. The van der Waals surface area contributed by atoms with Crippen molar-refractivity contribution in [3.8, 4) is 17.0 Å². The van der Waals surface area contributed by atoms with E-state index in [0.29, 0.717) is 32.5 Å². The number of anilines is 1. The van der Waals surface area contributed by atoms with Crippen LogP contribution in [0.25, 0.3) is 21.6 Å². The van der Waals surface area contributed by atoms with E-state index in [0.717, 1.165) is 6.26 Å². The lowest BCUT2D eigenvalue weighted by Crippen LogP contribution is -2.16. The highest BCUT2D eigenvalue weighted by Crippen LogP contribution is 2.28. The summed E-state index contributed by atoms with van der Waals surface area (Å²) in [6, 6.07) is 13.7. The molecule has 8 nitrogen and oxygen atoms in total. The van der Waals surface area contributed by atoms with Crippen LogP contribution in [0, 0.1) is 0 Å². The molecule has 0 radical (unpaired) electrons. The number of thiazole rings is 1. The maximum Gasteiger partial charge on any atom is 0.418 e. The Labute approximate surface area is 170 Å². The van der Waals surface area contributed by atoms with E-state index < -0.39 is 15.9 Å². The first-order valence-corrected chi connectivity index (χ1v) is 11.1. The summed E-state index contributed by atoms with van der Waals surface area (Å²) in [7, 11) is -3.37. The molecule has 146 valence electrons. The molecule has 0 unspecified atom stereocenters. The molecule has 0 fully saturated rings. The Hall–Kier alpha value is -3.37. The smallest absolute Gasteiger partial charge is 0.410 e. The van der Waals surface area contributed by atoms with Crippen molar-refractivity contribution in [3.05, 3.63) is 60.9 Å². The van der Waals surface area contributed by atoms with Crippen LogP contribution in [0.15, 0.2) is 65.8 Å². The van der Waals surface area contributed by atoms with Crippen LogP contribution in [0.2, 0.25) is 0 Å². The normalized spacial score (nSPS) is 11.3. The molecular weight excluding hydrogens is 412 g/mol. The maximum atomic E-state index is 12.0. The molecule has 0 atom stereocenters. The summed E-state index contributed by atoms with van der Waals surface area (Å²) in [5.74, 6) is 0.421. The fourth-order valence-electron chi connectivity index (χ4n) is 2.50. The van der Waals surface area contributed by atoms with Gasteiger partial charge >= 0.3 is 6.09 Å². The van der Waals surface area contributed by atoms with Crippen LogP contribution < -0.4 is 10.1 Å². The van der Waals surface area contributed by atoms with Gasteiger partial charge in [0.2, 0.25) is 0 Å². The minimum absolute atomic E-state index is 0.118. The summed E-state index contributed by atoms with van der Waals surface area (Å²) in [6.07, 6.45) is 3.31. The Morgan fingerprint density at radius 1 is 1.07 bits per heavy atom. The van der Waals surface area contributed by atoms with E-state index in [1.54, 1.807) is 42.6 Å². The third-order valence-corrected chi connectivity index (χ3v) is 5.82. The van der Waals surface area contributed by atoms with Crippen LogP contribution in [0.1, 0.15) is 0 Å². The van der Waals surface area contributed by atoms with Crippen LogP contribution in [-0.2, 0) is 9.84 Å². The third kappa shape index (κ3) is 4.39. The van der Waals surface area contributed by atoms with Gasteiger partial charge in [0.1, 0.15) is 16.1 Å². The second-order valence-electron chi connectivity index (χ2n) is 6.05. The van der Waals surface area contributed by atoms with Crippen molar-refractivity contribution in [1.82, 2.24) is 15.0 Å². The van der Waals surface area contributed by atoms with Gasteiger partial charge in [0.25, 0.3) is 0 Å². The number of carbonyl (C=O) groups excluding carboxylic acids is 1. The molecule has 29 heavy (non-hydrogen) atoms. The van der Waals surface area contributed by atoms with E-state index in [-0.39, 0.29) is 4.90 Å². The number of hydrogen-bond donors (Lipinski definition) is 1. The molecule has 0 saturated heterocycles. The van der Waals surface area contributed by atoms with Crippen molar-refractivity contribution in [1.29, 1.82) is 0 Å². The number of aromatic nitrogens is 3. The highest BCUT2D eigenvalue weighted by atomic mass is 32.2. The number of pyridine rings is 2. The number of nitrogens with one attached hydrogen (secondary N) is 1. The standard InChI is InChI=1S/C19H14N4O4S2/c1-29(25,26)14-9-12(10-20-11-14)15-7-8-16-17(21-15)28-18(22-16)23-19(24)27-13-5-3-2-4-6-13/h2-11H,1H3,(H,22,23,24). The van der Waals surface area contributed by atoms with E-state index >= 15 is 0 Å². The van der Waals surface area contributed by atoms with E-state index in [9.17, 15) is 13.2 Å². The Kier molecular flexibility index (Phi) is 4.95. The van der Waals surface area contributed by atoms with Crippen LogP contribution in [0.5, 0.6) is 5.75 Å². The highest BCUT2D eigenvalue weighted by molar-refractivity contribution is 7.90. The fraction of sp³-hybridized carbons (Fsp3) is 0.0526. The lowest BCUT2D eigenvalue weighted by Gasteiger charge is -2.03. The van der Waals surface area contributed by atoms with Gasteiger partial charge in [-0.3, -0.25) is 10.3 Å². The lowest BCUT2D eigenvalue weighted by molar-refractivity contribution is 0.215. The molecule has 3 aromatic heterocycles. The zero-order chi connectivity index (χ0) is 20.4. The predicted molar refractivity (Wildman–Crippen MR) is 110 cm³/mol. The molecule has 0 aliphatic heterocycles. The van der Waals surface area contributed by atoms with E-state index in [1.807, 2.05) is 6.07 Å². The predicted octanol–water partition coefficient (Wildman–Crippen LogP) is 3.77. The van der Waals surface area contributed by atoms with Crippen molar-refractivity contribution >= 4 is 42.7 Å². The molecule has 1 N–H and O–H groups in total. The van der Waals surface area contributed by atoms with Gasteiger partial charge in [0.05, 0.1) is 10.6 Å². The average molecular weight is 426 g/mol. The van der Waals surface area contributed by atoms with Crippen molar-refractivity contribution in [2.75, 3.05) is 11.6 Å². The van der Waals surface area contributed by atoms with Gasteiger partial charge in [0.15, 0.2) is 15.0 Å². The Bertz CT molecular complexity index is 1300. The molecule has 0 aliphatic rings. The summed E-state index contributed by atoms with van der Waals surface area (Å²) >= 11 is 1.18. The van der Waals surface area contributed by atoms with Crippen LogP contribution in [0.4, 0.5) is 9.93 Å². The van der Waals surface area contributed by atoms with E-state index in [4.69, 9.17) is 4.74 Å². The van der Waals surface area contributed by atoms with Crippen molar-refractivity contribution < 1.29 is 17.9 Å². The number of benzene rings is 1. The molecule has 3 heterocycles. The molecule has 10 heteroatoms. The number of sulfone groups is 1. The van der Waals surface area contributed by atoms with Crippen molar-refractivity contribution in [2.45, 2.75) is 4.90 Å². The Balaban J connectivity index is 1.57. The summed E-state index contributed by atoms with van der Waals surface area (Å²) < 4.78 is 28.7. The summed E-state index contributed by atoms with van der Waals surface area (Å²) in [5.41, 5.74) is 1.72. The zero-order valence-corrected chi connectivity index (χ0v) is 16.7. The molecule has 0 saturated carbocycles. The number of amides is 1. The fourth-order valence-corrected chi connectivity index (χ4v) is 3.92. The number of hydrogen-bond acceptors (Lipinski definition) is 8. The van der Waals surface area contributed by atoms with Gasteiger partial charge in [-0.25, -0.2) is 23.2 Å². The summed E-state index contributed by atoms with van der Waals surface area (Å²) in [5, 5.41) is 2.92. The number of ether oxygens (including phenoxy) is 1. The highest BCUT2D eigenvalue weighted by Gasteiger charge is 2.13. The Morgan fingerprint density at radius 3 is 2.62 bits per heavy atom. The maximum absolute atomic E-state index is 12.0. The molecule has 0 spiro atoms. The number of para-hydroxylation sites is 1. The lowest BCUT2D eigenvalue weighted by atomic mass is 10.2. The number of carbonyl (C=O) groups is 1.